The van der Waals surface area contributed by atoms with Crippen molar-refractivity contribution >= 4 is 23.0 Å². The highest BCUT2D eigenvalue weighted by Gasteiger charge is 2.09. The number of fused-ring (bicyclic) bond motifs is 1. The molecule has 0 saturated carbocycles. The van der Waals surface area contributed by atoms with E-state index in [1.165, 1.54) is 0 Å². The Labute approximate surface area is 135 Å². The molecule has 1 heterocycles. The predicted octanol–water partition coefficient (Wildman–Crippen LogP) is 3.18. The zero-order valence-electron chi connectivity index (χ0n) is 13.3. The number of aryl methyl sites for hydroxylation is 1. The van der Waals surface area contributed by atoms with E-state index in [1.807, 2.05) is 56.4 Å². The molecule has 0 bridgehead atoms. The molecule has 0 unspecified atom stereocenters. The molecule has 0 atom stereocenters. The molecule has 2 aromatic carbocycles. The van der Waals surface area contributed by atoms with Gasteiger partial charge in [0.15, 0.2) is 0 Å². The largest absolute Gasteiger partial charge is 0.347 e. The lowest BCUT2D eigenvalue weighted by atomic mass is 10.1. The summed E-state index contributed by atoms with van der Waals surface area (Å²) in [5.41, 5.74) is 6.88. The van der Waals surface area contributed by atoms with E-state index >= 15 is 0 Å². The van der Waals surface area contributed by atoms with Crippen molar-refractivity contribution in [2.75, 3.05) is 0 Å². The van der Waals surface area contributed by atoms with Crippen molar-refractivity contribution in [3.8, 4) is 0 Å². The number of nitrogens with one attached hydrogen (secondary N) is 1. The summed E-state index contributed by atoms with van der Waals surface area (Å²) in [7, 11) is 2.03. The second-order valence-electron chi connectivity index (χ2n) is 5.53. The summed E-state index contributed by atoms with van der Waals surface area (Å²) in [6.07, 6.45) is 2.05. The van der Waals surface area contributed by atoms with Gasteiger partial charge in [-0.2, -0.15) is 5.10 Å². The number of para-hydroxylation sites is 1. The van der Waals surface area contributed by atoms with Gasteiger partial charge in [-0.15, -0.1) is 0 Å². The SMILES string of the molecule is Cc1c(/C=N/NC(=O)Cc2ccccc2)c2ccccc2n1C. The monoisotopic (exact) mass is 305 g/mol. The average Bonchev–Trinajstić information content (AvgIpc) is 2.81. The fourth-order valence-corrected chi connectivity index (χ4v) is 2.70. The lowest BCUT2D eigenvalue weighted by molar-refractivity contribution is -0.120. The number of nitrogens with zero attached hydrogens (tertiary/aromatic N) is 2. The summed E-state index contributed by atoms with van der Waals surface area (Å²) in [4.78, 5) is 11.9. The number of hydrazone groups is 1. The maximum Gasteiger partial charge on any atom is 0.244 e. The fraction of sp³-hybridized carbons (Fsp3) is 0.158. The minimum atomic E-state index is -0.120. The van der Waals surface area contributed by atoms with Crippen LogP contribution in [-0.2, 0) is 18.3 Å². The molecular weight excluding hydrogens is 286 g/mol. The Morgan fingerprint density at radius 2 is 1.83 bits per heavy atom. The lowest BCUT2D eigenvalue weighted by Crippen LogP contribution is -2.19. The van der Waals surface area contributed by atoms with E-state index in [2.05, 4.69) is 27.2 Å². The molecule has 0 radical (unpaired) electrons. The van der Waals surface area contributed by atoms with Crippen LogP contribution in [0.2, 0.25) is 0 Å². The molecule has 116 valence electrons. The summed E-state index contributed by atoms with van der Waals surface area (Å²) in [6, 6.07) is 17.8. The van der Waals surface area contributed by atoms with E-state index in [-0.39, 0.29) is 5.91 Å². The Morgan fingerprint density at radius 3 is 2.61 bits per heavy atom. The normalized spacial score (nSPS) is 11.2. The second-order valence-corrected chi connectivity index (χ2v) is 5.53. The van der Waals surface area contributed by atoms with Crippen LogP contribution >= 0.6 is 0 Å². The van der Waals surface area contributed by atoms with Gasteiger partial charge >= 0.3 is 0 Å². The standard InChI is InChI=1S/C19H19N3O/c1-14-17(16-10-6-7-11-18(16)22(14)2)13-20-21-19(23)12-15-8-4-3-5-9-15/h3-11,13H,12H2,1-2H3,(H,21,23)/b20-13+. The van der Waals surface area contributed by atoms with E-state index in [9.17, 15) is 4.79 Å². The molecule has 1 N–H and O–H groups in total. The number of hydrogen-bond donors (Lipinski definition) is 1. The van der Waals surface area contributed by atoms with Crippen LogP contribution in [0.5, 0.6) is 0 Å². The molecule has 0 aliphatic carbocycles. The average molecular weight is 305 g/mol. The molecular formula is C19H19N3O. The van der Waals surface area contributed by atoms with Crippen LogP contribution < -0.4 is 5.43 Å². The molecule has 0 fully saturated rings. The van der Waals surface area contributed by atoms with E-state index in [0.717, 1.165) is 27.7 Å². The van der Waals surface area contributed by atoms with Crippen molar-refractivity contribution in [3.05, 3.63) is 71.4 Å². The van der Waals surface area contributed by atoms with Crippen molar-refractivity contribution in [1.29, 1.82) is 0 Å². The first-order valence-corrected chi connectivity index (χ1v) is 7.56. The highest BCUT2D eigenvalue weighted by Crippen LogP contribution is 2.22. The summed E-state index contributed by atoms with van der Waals surface area (Å²) in [5, 5.41) is 5.26. The number of rotatable bonds is 4. The van der Waals surface area contributed by atoms with E-state index in [1.54, 1.807) is 6.21 Å². The van der Waals surface area contributed by atoms with Gasteiger partial charge in [0.2, 0.25) is 5.91 Å². The predicted molar refractivity (Wildman–Crippen MR) is 93.5 cm³/mol. The van der Waals surface area contributed by atoms with Gasteiger partial charge in [0.1, 0.15) is 0 Å². The summed E-state index contributed by atoms with van der Waals surface area (Å²) in [6.45, 7) is 2.05. The first-order chi connectivity index (χ1) is 11.2. The Balaban J connectivity index is 1.74. The van der Waals surface area contributed by atoms with Crippen molar-refractivity contribution in [2.45, 2.75) is 13.3 Å². The quantitative estimate of drug-likeness (QED) is 0.584. The Morgan fingerprint density at radius 1 is 1.13 bits per heavy atom. The van der Waals surface area contributed by atoms with Gasteiger partial charge in [0, 0.05) is 29.2 Å². The first-order valence-electron chi connectivity index (χ1n) is 7.56. The number of amides is 1. The van der Waals surface area contributed by atoms with Crippen molar-refractivity contribution in [3.63, 3.8) is 0 Å². The van der Waals surface area contributed by atoms with Gasteiger partial charge in [-0.05, 0) is 18.6 Å². The molecule has 0 saturated heterocycles. The Bertz CT molecular complexity index is 863. The third-order valence-corrected chi connectivity index (χ3v) is 4.04. The maximum absolute atomic E-state index is 11.9. The fourth-order valence-electron chi connectivity index (χ4n) is 2.70. The molecule has 0 spiro atoms. The smallest absolute Gasteiger partial charge is 0.244 e. The molecule has 4 heteroatoms. The zero-order valence-corrected chi connectivity index (χ0v) is 13.3. The molecule has 3 aromatic rings. The molecule has 23 heavy (non-hydrogen) atoms. The number of hydrogen-bond acceptors (Lipinski definition) is 2. The first kappa shape index (κ1) is 15.0. The van der Waals surface area contributed by atoms with Crippen LogP contribution in [0.15, 0.2) is 59.7 Å². The number of aromatic nitrogens is 1. The molecule has 1 amide bonds. The maximum atomic E-state index is 11.9. The summed E-state index contributed by atoms with van der Waals surface area (Å²) >= 11 is 0. The van der Waals surface area contributed by atoms with Gasteiger partial charge < -0.3 is 4.57 Å². The minimum absolute atomic E-state index is 0.120. The lowest BCUT2D eigenvalue weighted by Gasteiger charge is -2.00. The van der Waals surface area contributed by atoms with Crippen LogP contribution in [-0.4, -0.2) is 16.7 Å². The highest BCUT2D eigenvalue weighted by atomic mass is 16.2. The van der Waals surface area contributed by atoms with Gasteiger partial charge in [-0.1, -0.05) is 48.5 Å². The molecule has 1 aromatic heterocycles. The van der Waals surface area contributed by atoms with Crippen molar-refractivity contribution in [2.24, 2.45) is 12.1 Å². The van der Waals surface area contributed by atoms with Crippen LogP contribution in [0.25, 0.3) is 10.9 Å². The number of carbonyl (C=O) groups is 1. The van der Waals surface area contributed by atoms with Crippen LogP contribution in [0, 0.1) is 6.92 Å². The van der Waals surface area contributed by atoms with Gasteiger partial charge in [-0.25, -0.2) is 5.43 Å². The topological polar surface area (TPSA) is 46.4 Å². The van der Waals surface area contributed by atoms with Crippen LogP contribution in [0.4, 0.5) is 0 Å². The van der Waals surface area contributed by atoms with Crippen molar-refractivity contribution in [1.82, 2.24) is 9.99 Å². The molecule has 3 rings (SSSR count). The van der Waals surface area contributed by atoms with E-state index in [0.29, 0.717) is 6.42 Å². The zero-order chi connectivity index (χ0) is 16.2. The highest BCUT2D eigenvalue weighted by molar-refractivity contribution is 6.01. The third kappa shape index (κ3) is 3.16. The summed E-state index contributed by atoms with van der Waals surface area (Å²) in [5.74, 6) is -0.120. The van der Waals surface area contributed by atoms with E-state index < -0.39 is 0 Å². The van der Waals surface area contributed by atoms with Crippen LogP contribution in [0.3, 0.4) is 0 Å². The molecule has 0 aliphatic heterocycles. The molecule has 4 nitrogen and oxygen atoms in total. The van der Waals surface area contributed by atoms with Gasteiger partial charge in [-0.3, -0.25) is 4.79 Å². The van der Waals surface area contributed by atoms with Crippen molar-refractivity contribution < 1.29 is 4.79 Å². The van der Waals surface area contributed by atoms with Crippen LogP contribution in [0.1, 0.15) is 16.8 Å². The van der Waals surface area contributed by atoms with E-state index in [4.69, 9.17) is 0 Å². The second kappa shape index (κ2) is 6.48. The number of carbonyl (C=O) groups excluding carboxylic acids is 1. The third-order valence-electron chi connectivity index (χ3n) is 4.04. The molecule has 0 aliphatic rings. The summed E-state index contributed by atoms with van der Waals surface area (Å²) < 4.78 is 2.13. The Kier molecular flexibility index (Phi) is 4.24. The van der Waals surface area contributed by atoms with Gasteiger partial charge in [0.25, 0.3) is 0 Å². The number of benzene rings is 2. The van der Waals surface area contributed by atoms with Gasteiger partial charge in [0.05, 0.1) is 12.6 Å². The Hall–Kier alpha value is -2.88. The minimum Gasteiger partial charge on any atom is -0.347 e.